The molecule has 1 fully saturated rings. The van der Waals surface area contributed by atoms with Crippen molar-refractivity contribution in [2.75, 3.05) is 26.7 Å². The molecule has 1 aliphatic heterocycles. The summed E-state index contributed by atoms with van der Waals surface area (Å²) in [4.78, 5) is 37.8. The molecule has 1 aliphatic rings. The van der Waals surface area contributed by atoms with Crippen LogP contribution in [0.3, 0.4) is 0 Å². The normalized spacial score (nSPS) is 14.1. The number of nitrogens with one attached hydrogen (secondary N) is 1. The smallest absolute Gasteiger partial charge is 0.410 e. The summed E-state index contributed by atoms with van der Waals surface area (Å²) in [6, 6.07) is 14.3. The number of carbonyl (C=O) groups is 3. The number of piperidine rings is 1. The molecule has 31 heavy (non-hydrogen) atoms. The second-order valence-electron chi connectivity index (χ2n) is 7.75. The first-order chi connectivity index (χ1) is 15.0. The fraction of sp³-hybridized carbons (Fsp3) is 0.375. The molecule has 7 nitrogen and oxygen atoms in total. The van der Waals surface area contributed by atoms with Crippen LogP contribution in [0.1, 0.15) is 44.7 Å². The third-order valence-corrected chi connectivity index (χ3v) is 5.48. The molecule has 0 aliphatic carbocycles. The maximum Gasteiger partial charge on any atom is 0.410 e. The van der Waals surface area contributed by atoms with E-state index in [2.05, 4.69) is 10.1 Å². The average Bonchev–Trinajstić information content (AvgIpc) is 2.82. The van der Waals surface area contributed by atoms with Gasteiger partial charge in [-0.2, -0.15) is 0 Å². The topological polar surface area (TPSA) is 84.9 Å². The zero-order chi connectivity index (χ0) is 22.2. The van der Waals surface area contributed by atoms with Gasteiger partial charge in [-0.15, -0.1) is 0 Å². The maximum atomic E-state index is 12.3. The largest absolute Gasteiger partial charge is 0.465 e. The molecule has 2 amide bonds. The molecule has 0 saturated carbocycles. The summed E-state index contributed by atoms with van der Waals surface area (Å²) < 4.78 is 10.1. The van der Waals surface area contributed by atoms with E-state index < -0.39 is 5.97 Å². The number of nitrogens with zero attached hydrogens (tertiary/aromatic N) is 1. The number of amides is 2. The lowest BCUT2D eigenvalue weighted by Gasteiger charge is -2.31. The number of ether oxygens (including phenoxy) is 2. The van der Waals surface area contributed by atoms with Gasteiger partial charge in [0.2, 0.25) is 0 Å². The van der Waals surface area contributed by atoms with Crippen LogP contribution in [-0.4, -0.2) is 49.6 Å². The lowest BCUT2D eigenvalue weighted by Crippen LogP contribution is -2.41. The van der Waals surface area contributed by atoms with Crippen molar-refractivity contribution in [2.45, 2.75) is 26.4 Å². The quantitative estimate of drug-likeness (QED) is 0.717. The van der Waals surface area contributed by atoms with Crippen LogP contribution >= 0.6 is 0 Å². The Morgan fingerprint density at radius 2 is 1.58 bits per heavy atom. The minimum Gasteiger partial charge on any atom is -0.465 e. The molecule has 0 spiro atoms. The van der Waals surface area contributed by atoms with Gasteiger partial charge in [0.25, 0.3) is 5.91 Å². The van der Waals surface area contributed by atoms with Crippen LogP contribution in [0.15, 0.2) is 48.5 Å². The molecular weight excluding hydrogens is 396 g/mol. The molecule has 2 aromatic rings. The Labute approximate surface area is 182 Å². The average molecular weight is 424 g/mol. The summed E-state index contributed by atoms with van der Waals surface area (Å²) >= 11 is 0. The standard InChI is InChI=1S/C24H28N2O5/c1-17-3-5-19(6-4-17)16-31-24(29)26-13-11-18(12-14-26)15-25-22(27)20-7-9-21(10-8-20)23(28)30-2/h3-10,18H,11-16H2,1-2H3,(H,25,27). The molecule has 0 unspecified atom stereocenters. The fourth-order valence-corrected chi connectivity index (χ4v) is 3.45. The van der Waals surface area contributed by atoms with Crippen LogP contribution in [-0.2, 0) is 16.1 Å². The van der Waals surface area contributed by atoms with Gasteiger partial charge in [-0.25, -0.2) is 9.59 Å². The monoisotopic (exact) mass is 424 g/mol. The molecule has 0 atom stereocenters. The molecule has 7 heteroatoms. The van der Waals surface area contributed by atoms with E-state index in [-0.39, 0.29) is 18.6 Å². The van der Waals surface area contributed by atoms with E-state index in [0.29, 0.717) is 36.7 Å². The fourth-order valence-electron chi connectivity index (χ4n) is 3.45. The summed E-state index contributed by atoms with van der Waals surface area (Å²) in [5.41, 5.74) is 3.03. The third kappa shape index (κ3) is 6.31. The zero-order valence-electron chi connectivity index (χ0n) is 17.9. The highest BCUT2D eigenvalue weighted by Crippen LogP contribution is 2.18. The van der Waals surface area contributed by atoms with Crippen molar-refractivity contribution in [2.24, 2.45) is 5.92 Å². The molecule has 164 valence electrons. The van der Waals surface area contributed by atoms with E-state index in [4.69, 9.17) is 4.74 Å². The molecule has 0 radical (unpaired) electrons. The Balaban J connectivity index is 1.38. The molecule has 1 heterocycles. The Hall–Kier alpha value is -3.35. The van der Waals surface area contributed by atoms with Gasteiger partial charge < -0.3 is 19.7 Å². The maximum absolute atomic E-state index is 12.3. The van der Waals surface area contributed by atoms with Crippen LogP contribution < -0.4 is 5.32 Å². The number of carbonyl (C=O) groups excluding carboxylic acids is 3. The number of hydrogen-bond acceptors (Lipinski definition) is 5. The lowest BCUT2D eigenvalue weighted by molar-refractivity contribution is 0.0600. The Kier molecular flexibility index (Phi) is 7.65. The van der Waals surface area contributed by atoms with Crippen molar-refractivity contribution in [1.82, 2.24) is 10.2 Å². The van der Waals surface area contributed by atoms with Crippen LogP contribution in [0.25, 0.3) is 0 Å². The van der Waals surface area contributed by atoms with Gasteiger partial charge in [0.05, 0.1) is 12.7 Å². The van der Waals surface area contributed by atoms with Crippen LogP contribution in [0.5, 0.6) is 0 Å². The molecule has 3 rings (SSSR count). The van der Waals surface area contributed by atoms with Crippen molar-refractivity contribution in [3.8, 4) is 0 Å². The van der Waals surface area contributed by atoms with Crippen molar-refractivity contribution in [3.63, 3.8) is 0 Å². The third-order valence-electron chi connectivity index (χ3n) is 5.48. The second kappa shape index (κ2) is 10.6. The van der Waals surface area contributed by atoms with E-state index in [1.165, 1.54) is 12.7 Å². The Morgan fingerprint density at radius 1 is 0.968 bits per heavy atom. The number of aryl methyl sites for hydroxylation is 1. The van der Waals surface area contributed by atoms with Crippen LogP contribution in [0.4, 0.5) is 4.79 Å². The molecule has 0 bridgehead atoms. The van der Waals surface area contributed by atoms with Crippen LogP contribution in [0.2, 0.25) is 0 Å². The number of esters is 1. The first-order valence-corrected chi connectivity index (χ1v) is 10.4. The van der Waals surface area contributed by atoms with E-state index in [9.17, 15) is 14.4 Å². The molecule has 1 saturated heterocycles. The van der Waals surface area contributed by atoms with Crippen molar-refractivity contribution in [1.29, 1.82) is 0 Å². The van der Waals surface area contributed by atoms with Gasteiger partial charge in [-0.05, 0) is 55.5 Å². The van der Waals surface area contributed by atoms with Gasteiger partial charge in [0.15, 0.2) is 0 Å². The van der Waals surface area contributed by atoms with Gasteiger partial charge in [-0.1, -0.05) is 29.8 Å². The lowest BCUT2D eigenvalue weighted by atomic mass is 9.97. The van der Waals surface area contributed by atoms with Gasteiger partial charge in [0.1, 0.15) is 6.61 Å². The summed E-state index contributed by atoms with van der Waals surface area (Å²) in [7, 11) is 1.32. The Morgan fingerprint density at radius 3 is 2.19 bits per heavy atom. The molecule has 2 aromatic carbocycles. The van der Waals surface area contributed by atoms with Gasteiger partial charge in [-0.3, -0.25) is 4.79 Å². The van der Waals surface area contributed by atoms with Gasteiger partial charge >= 0.3 is 12.1 Å². The molecular formula is C24H28N2O5. The SMILES string of the molecule is COC(=O)c1ccc(C(=O)NCC2CCN(C(=O)OCc3ccc(C)cc3)CC2)cc1. The number of likely N-dealkylation sites (tertiary alicyclic amines) is 1. The summed E-state index contributed by atoms with van der Waals surface area (Å²) in [6.07, 6.45) is 1.32. The number of methoxy groups -OCH3 is 1. The summed E-state index contributed by atoms with van der Waals surface area (Å²) in [5.74, 6) is -0.313. The van der Waals surface area contributed by atoms with Crippen LogP contribution in [0, 0.1) is 12.8 Å². The highest BCUT2D eigenvalue weighted by atomic mass is 16.6. The van der Waals surface area contributed by atoms with E-state index in [0.717, 1.165) is 18.4 Å². The van der Waals surface area contributed by atoms with Gasteiger partial charge in [0, 0.05) is 25.2 Å². The Bertz CT molecular complexity index is 901. The minimum absolute atomic E-state index is 0.184. The van der Waals surface area contributed by atoms with E-state index in [1.807, 2.05) is 31.2 Å². The highest BCUT2D eigenvalue weighted by molar-refractivity contribution is 5.96. The van der Waals surface area contributed by atoms with Crippen molar-refractivity contribution in [3.05, 3.63) is 70.8 Å². The first-order valence-electron chi connectivity index (χ1n) is 10.4. The predicted molar refractivity (Wildman–Crippen MR) is 116 cm³/mol. The van der Waals surface area contributed by atoms with E-state index in [1.54, 1.807) is 29.2 Å². The van der Waals surface area contributed by atoms with E-state index >= 15 is 0 Å². The summed E-state index contributed by atoms with van der Waals surface area (Å²) in [6.45, 7) is 4.05. The number of rotatable bonds is 6. The molecule has 0 aromatic heterocycles. The van der Waals surface area contributed by atoms with Crippen molar-refractivity contribution >= 4 is 18.0 Å². The zero-order valence-corrected chi connectivity index (χ0v) is 17.9. The second-order valence-corrected chi connectivity index (χ2v) is 7.75. The van der Waals surface area contributed by atoms with Crippen molar-refractivity contribution < 1.29 is 23.9 Å². The highest BCUT2D eigenvalue weighted by Gasteiger charge is 2.24. The summed E-state index contributed by atoms with van der Waals surface area (Å²) in [5, 5.41) is 2.94. The number of benzene rings is 2. The first kappa shape index (κ1) is 22.3. The predicted octanol–water partition coefficient (Wildman–Crippen LogP) is 3.56. The number of hydrogen-bond donors (Lipinski definition) is 1. The minimum atomic E-state index is -0.434. The molecule has 1 N–H and O–H groups in total.